The molecule has 0 saturated carbocycles. The SMILES string of the molecule is C[C@@H]1[C@@H]2C[C@@H](CN3CCCC[C@H]23)[C@@H]2CCCCN12. The predicted octanol–water partition coefficient (Wildman–Crippen LogP) is 2.73. The summed E-state index contributed by atoms with van der Waals surface area (Å²) in [7, 11) is 0. The Hall–Kier alpha value is -0.0800. The van der Waals surface area contributed by atoms with Crippen molar-refractivity contribution in [3.05, 3.63) is 0 Å². The quantitative estimate of drug-likeness (QED) is 0.650. The summed E-state index contributed by atoms with van der Waals surface area (Å²) in [6.07, 6.45) is 10.4. The Bertz CT molecular complexity index is 301. The van der Waals surface area contributed by atoms with E-state index in [0.717, 1.165) is 30.0 Å². The van der Waals surface area contributed by atoms with Crippen molar-refractivity contribution in [3.8, 4) is 0 Å². The van der Waals surface area contributed by atoms with Gasteiger partial charge in [-0.2, -0.15) is 0 Å². The lowest BCUT2D eigenvalue weighted by atomic mass is 9.68. The molecule has 4 aliphatic heterocycles. The van der Waals surface area contributed by atoms with Crippen molar-refractivity contribution in [2.45, 2.75) is 70.0 Å². The first-order chi connectivity index (χ1) is 8.84. The lowest BCUT2D eigenvalue weighted by molar-refractivity contribution is -0.101. The van der Waals surface area contributed by atoms with Crippen LogP contribution in [-0.4, -0.2) is 47.6 Å². The Balaban J connectivity index is 1.61. The first-order valence-electron chi connectivity index (χ1n) is 8.34. The van der Waals surface area contributed by atoms with E-state index in [0.29, 0.717) is 0 Å². The van der Waals surface area contributed by atoms with Gasteiger partial charge in [-0.1, -0.05) is 12.8 Å². The van der Waals surface area contributed by atoms with Crippen LogP contribution in [0.15, 0.2) is 0 Å². The highest BCUT2D eigenvalue weighted by Crippen LogP contribution is 2.45. The molecule has 4 heterocycles. The molecule has 2 nitrogen and oxygen atoms in total. The summed E-state index contributed by atoms with van der Waals surface area (Å²) >= 11 is 0. The van der Waals surface area contributed by atoms with E-state index < -0.39 is 0 Å². The topological polar surface area (TPSA) is 6.48 Å². The van der Waals surface area contributed by atoms with Gasteiger partial charge in [0.25, 0.3) is 0 Å². The van der Waals surface area contributed by atoms with E-state index >= 15 is 0 Å². The number of fused-ring (bicyclic) bond motifs is 6. The molecule has 18 heavy (non-hydrogen) atoms. The fourth-order valence-corrected chi connectivity index (χ4v) is 5.65. The lowest BCUT2D eigenvalue weighted by Gasteiger charge is -2.60. The summed E-state index contributed by atoms with van der Waals surface area (Å²) in [5.41, 5.74) is 0. The zero-order chi connectivity index (χ0) is 12.1. The Labute approximate surface area is 112 Å². The second-order valence-electron chi connectivity index (χ2n) is 7.26. The molecular weight excluding hydrogens is 220 g/mol. The van der Waals surface area contributed by atoms with Crippen molar-refractivity contribution >= 4 is 0 Å². The van der Waals surface area contributed by atoms with Crippen LogP contribution in [0, 0.1) is 11.8 Å². The van der Waals surface area contributed by atoms with Crippen molar-refractivity contribution < 1.29 is 0 Å². The van der Waals surface area contributed by atoms with Gasteiger partial charge in [-0.05, 0) is 64.0 Å². The Morgan fingerprint density at radius 1 is 0.889 bits per heavy atom. The van der Waals surface area contributed by atoms with E-state index in [1.807, 2.05) is 0 Å². The highest BCUT2D eigenvalue weighted by atomic mass is 15.3. The Kier molecular flexibility index (Phi) is 2.92. The highest BCUT2D eigenvalue weighted by Gasteiger charge is 2.49. The third-order valence-corrected chi connectivity index (χ3v) is 6.48. The van der Waals surface area contributed by atoms with Gasteiger partial charge in [-0.3, -0.25) is 9.80 Å². The molecule has 0 aromatic carbocycles. The second-order valence-corrected chi connectivity index (χ2v) is 7.26. The molecule has 2 bridgehead atoms. The predicted molar refractivity (Wildman–Crippen MR) is 74.6 cm³/mol. The molecule has 0 amide bonds. The molecule has 4 rings (SSSR count). The molecule has 0 spiro atoms. The first kappa shape index (κ1) is 11.7. The maximum absolute atomic E-state index is 2.91. The molecule has 4 fully saturated rings. The maximum Gasteiger partial charge on any atom is 0.0139 e. The molecule has 0 radical (unpaired) electrons. The molecule has 0 aliphatic carbocycles. The van der Waals surface area contributed by atoms with Crippen molar-refractivity contribution in [3.63, 3.8) is 0 Å². The number of hydrogen-bond acceptors (Lipinski definition) is 2. The molecule has 0 aromatic rings. The van der Waals surface area contributed by atoms with Gasteiger partial charge in [0.1, 0.15) is 0 Å². The Morgan fingerprint density at radius 2 is 1.67 bits per heavy atom. The van der Waals surface area contributed by atoms with Gasteiger partial charge >= 0.3 is 0 Å². The van der Waals surface area contributed by atoms with E-state index in [4.69, 9.17) is 0 Å². The van der Waals surface area contributed by atoms with E-state index in [1.54, 1.807) is 6.42 Å². The van der Waals surface area contributed by atoms with Gasteiger partial charge in [0, 0.05) is 24.7 Å². The van der Waals surface area contributed by atoms with Crippen LogP contribution in [-0.2, 0) is 0 Å². The van der Waals surface area contributed by atoms with Gasteiger partial charge in [0.05, 0.1) is 0 Å². The molecular formula is C16H28N2. The van der Waals surface area contributed by atoms with Gasteiger partial charge in [-0.15, -0.1) is 0 Å². The molecule has 0 unspecified atom stereocenters. The first-order valence-corrected chi connectivity index (χ1v) is 8.34. The third-order valence-electron chi connectivity index (χ3n) is 6.48. The van der Waals surface area contributed by atoms with Crippen molar-refractivity contribution in [2.24, 2.45) is 11.8 Å². The second kappa shape index (κ2) is 4.49. The molecule has 5 atom stereocenters. The number of rotatable bonds is 0. The molecule has 4 aliphatic rings. The van der Waals surface area contributed by atoms with E-state index in [9.17, 15) is 0 Å². The van der Waals surface area contributed by atoms with Crippen LogP contribution < -0.4 is 0 Å². The number of nitrogens with zero attached hydrogens (tertiary/aromatic N) is 2. The lowest BCUT2D eigenvalue weighted by Crippen LogP contribution is -2.66. The summed E-state index contributed by atoms with van der Waals surface area (Å²) in [6.45, 7) is 6.76. The van der Waals surface area contributed by atoms with E-state index in [1.165, 1.54) is 58.2 Å². The summed E-state index contributed by atoms with van der Waals surface area (Å²) in [6, 6.07) is 2.73. The monoisotopic (exact) mass is 248 g/mol. The molecule has 0 aromatic heterocycles. The zero-order valence-electron chi connectivity index (χ0n) is 11.9. The normalized spacial score (nSPS) is 49.5. The number of piperidine rings is 4. The standard InChI is InChI=1S/C16H28N2/c1-12-14-10-13(15-6-3-5-9-18(12)15)11-17-8-4-2-7-16(14)17/h12-16H,2-11H2,1H3/t12-,13+,14+,15+,16-/m1/s1. The van der Waals surface area contributed by atoms with E-state index in [-0.39, 0.29) is 0 Å². The smallest absolute Gasteiger partial charge is 0.0139 e. The molecule has 102 valence electrons. The minimum Gasteiger partial charge on any atom is -0.300 e. The van der Waals surface area contributed by atoms with Crippen molar-refractivity contribution in [1.82, 2.24) is 9.80 Å². The summed E-state index contributed by atoms with van der Waals surface area (Å²) in [5, 5.41) is 0. The third kappa shape index (κ3) is 1.68. The zero-order valence-corrected chi connectivity index (χ0v) is 11.9. The molecule has 2 heteroatoms. The average Bonchev–Trinajstić information content (AvgIpc) is 2.44. The fraction of sp³-hybridized carbons (Fsp3) is 1.00. The molecule has 4 saturated heterocycles. The number of hydrogen-bond donors (Lipinski definition) is 0. The van der Waals surface area contributed by atoms with Gasteiger partial charge in [0.15, 0.2) is 0 Å². The summed E-state index contributed by atoms with van der Waals surface area (Å²) in [5.74, 6) is 1.99. The van der Waals surface area contributed by atoms with Crippen molar-refractivity contribution in [1.29, 1.82) is 0 Å². The fourth-order valence-electron chi connectivity index (χ4n) is 5.65. The highest BCUT2D eigenvalue weighted by molar-refractivity contribution is 5.03. The van der Waals surface area contributed by atoms with Crippen LogP contribution in [0.2, 0.25) is 0 Å². The van der Waals surface area contributed by atoms with E-state index in [2.05, 4.69) is 16.7 Å². The van der Waals surface area contributed by atoms with Crippen LogP contribution in [0.3, 0.4) is 0 Å². The van der Waals surface area contributed by atoms with Gasteiger partial charge in [0.2, 0.25) is 0 Å². The van der Waals surface area contributed by atoms with Crippen LogP contribution in [0.25, 0.3) is 0 Å². The average molecular weight is 248 g/mol. The van der Waals surface area contributed by atoms with Crippen LogP contribution in [0.5, 0.6) is 0 Å². The van der Waals surface area contributed by atoms with Crippen molar-refractivity contribution in [2.75, 3.05) is 19.6 Å². The Morgan fingerprint density at radius 3 is 2.56 bits per heavy atom. The van der Waals surface area contributed by atoms with Crippen LogP contribution in [0.1, 0.15) is 51.9 Å². The van der Waals surface area contributed by atoms with Crippen LogP contribution >= 0.6 is 0 Å². The van der Waals surface area contributed by atoms with Gasteiger partial charge < -0.3 is 0 Å². The summed E-state index contributed by atoms with van der Waals surface area (Å²) in [4.78, 5) is 5.79. The molecule has 0 N–H and O–H groups in total. The van der Waals surface area contributed by atoms with Crippen LogP contribution in [0.4, 0.5) is 0 Å². The summed E-state index contributed by atoms with van der Waals surface area (Å²) < 4.78 is 0. The minimum atomic E-state index is 0.859. The largest absolute Gasteiger partial charge is 0.300 e. The maximum atomic E-state index is 2.91. The minimum absolute atomic E-state index is 0.859. The van der Waals surface area contributed by atoms with Gasteiger partial charge in [-0.25, -0.2) is 0 Å².